The van der Waals surface area contributed by atoms with E-state index < -0.39 is 0 Å². The summed E-state index contributed by atoms with van der Waals surface area (Å²) in [7, 11) is 1.75. The predicted octanol–water partition coefficient (Wildman–Crippen LogP) is 1.39. The lowest BCUT2D eigenvalue weighted by Gasteiger charge is -2.36. The highest BCUT2D eigenvalue weighted by atomic mass is 16.5. The summed E-state index contributed by atoms with van der Waals surface area (Å²) in [5.41, 5.74) is 9.43. The van der Waals surface area contributed by atoms with Crippen molar-refractivity contribution in [2.75, 3.05) is 51.3 Å². The van der Waals surface area contributed by atoms with E-state index in [4.69, 9.17) is 10.5 Å². The fourth-order valence-corrected chi connectivity index (χ4v) is 2.58. The second kappa shape index (κ2) is 6.26. The van der Waals surface area contributed by atoms with E-state index in [1.807, 2.05) is 0 Å². The first kappa shape index (κ1) is 14.2. The Morgan fingerprint density at radius 3 is 2.32 bits per heavy atom. The quantitative estimate of drug-likeness (QED) is 0.891. The van der Waals surface area contributed by atoms with E-state index in [-0.39, 0.29) is 0 Å². The number of anilines is 1. The molecule has 4 heteroatoms. The summed E-state index contributed by atoms with van der Waals surface area (Å²) >= 11 is 0. The lowest BCUT2D eigenvalue weighted by Crippen LogP contribution is -2.47. The highest BCUT2D eigenvalue weighted by Gasteiger charge is 2.19. The highest BCUT2D eigenvalue weighted by Crippen LogP contribution is 2.31. The number of hydrogen-bond donors (Lipinski definition) is 1. The van der Waals surface area contributed by atoms with Crippen molar-refractivity contribution >= 4 is 5.69 Å². The van der Waals surface area contributed by atoms with Gasteiger partial charge in [0.25, 0.3) is 0 Å². The second-order valence-electron chi connectivity index (χ2n) is 5.23. The van der Waals surface area contributed by atoms with Crippen molar-refractivity contribution in [3.63, 3.8) is 0 Å². The van der Waals surface area contributed by atoms with Crippen LogP contribution in [0.15, 0.2) is 12.1 Å². The molecule has 0 bridgehead atoms. The van der Waals surface area contributed by atoms with Crippen LogP contribution in [0.5, 0.6) is 5.75 Å². The average molecular weight is 263 g/mol. The first-order valence-electron chi connectivity index (χ1n) is 6.98. The number of benzene rings is 1. The van der Waals surface area contributed by atoms with E-state index in [0.717, 1.165) is 45.0 Å². The molecule has 1 fully saturated rings. The van der Waals surface area contributed by atoms with Crippen LogP contribution in [0.4, 0.5) is 5.69 Å². The summed E-state index contributed by atoms with van der Waals surface area (Å²) in [6.45, 7) is 10.3. The molecule has 1 aliphatic rings. The molecule has 0 aliphatic carbocycles. The fourth-order valence-electron chi connectivity index (χ4n) is 2.58. The van der Waals surface area contributed by atoms with E-state index >= 15 is 0 Å². The van der Waals surface area contributed by atoms with Gasteiger partial charge in [0.05, 0.1) is 12.8 Å². The van der Waals surface area contributed by atoms with Crippen LogP contribution >= 0.6 is 0 Å². The predicted molar refractivity (Wildman–Crippen MR) is 80.2 cm³/mol. The molecule has 0 radical (unpaired) electrons. The fraction of sp³-hybridized carbons (Fsp3) is 0.600. The smallest absolute Gasteiger partial charge is 0.142 e. The van der Waals surface area contributed by atoms with Crippen LogP contribution in [0.1, 0.15) is 11.1 Å². The molecule has 1 heterocycles. The van der Waals surface area contributed by atoms with Crippen molar-refractivity contribution in [3.8, 4) is 5.75 Å². The second-order valence-corrected chi connectivity index (χ2v) is 5.23. The molecule has 0 aromatic heterocycles. The standard InChI is InChI=1S/C15H25N3O/c1-12-10-14(15(19-3)11-13(12)2)18-8-6-17(5-4-16)7-9-18/h10-11H,4-9,16H2,1-3H3. The van der Waals surface area contributed by atoms with E-state index in [0.29, 0.717) is 0 Å². The zero-order valence-corrected chi connectivity index (χ0v) is 12.3. The van der Waals surface area contributed by atoms with Crippen molar-refractivity contribution in [1.29, 1.82) is 0 Å². The molecule has 1 saturated heterocycles. The normalized spacial score (nSPS) is 16.7. The largest absolute Gasteiger partial charge is 0.495 e. The van der Waals surface area contributed by atoms with Gasteiger partial charge in [0.15, 0.2) is 0 Å². The van der Waals surface area contributed by atoms with Gasteiger partial charge in [0.1, 0.15) is 5.75 Å². The lowest BCUT2D eigenvalue weighted by molar-refractivity contribution is 0.264. The Balaban J connectivity index is 2.12. The van der Waals surface area contributed by atoms with E-state index in [9.17, 15) is 0 Å². The van der Waals surface area contributed by atoms with Crippen LogP contribution in [0.2, 0.25) is 0 Å². The molecule has 2 rings (SSSR count). The van der Waals surface area contributed by atoms with E-state index in [1.165, 1.54) is 16.8 Å². The van der Waals surface area contributed by atoms with E-state index in [1.54, 1.807) is 7.11 Å². The number of hydrogen-bond acceptors (Lipinski definition) is 4. The minimum atomic E-state index is 0.743. The molecule has 19 heavy (non-hydrogen) atoms. The van der Waals surface area contributed by atoms with Gasteiger partial charge in [-0.05, 0) is 37.1 Å². The third-order valence-corrected chi connectivity index (χ3v) is 3.95. The lowest BCUT2D eigenvalue weighted by atomic mass is 10.1. The van der Waals surface area contributed by atoms with Crippen LogP contribution in [0.25, 0.3) is 0 Å². The Bertz CT molecular complexity index is 426. The maximum atomic E-state index is 5.61. The molecule has 0 amide bonds. The number of aryl methyl sites for hydroxylation is 2. The summed E-state index contributed by atoms with van der Waals surface area (Å²) in [4.78, 5) is 4.84. The third kappa shape index (κ3) is 3.19. The average Bonchev–Trinajstić information content (AvgIpc) is 2.43. The SMILES string of the molecule is COc1cc(C)c(C)cc1N1CCN(CCN)CC1. The minimum absolute atomic E-state index is 0.743. The number of ether oxygens (including phenoxy) is 1. The molecular formula is C15H25N3O. The van der Waals surface area contributed by atoms with Gasteiger partial charge >= 0.3 is 0 Å². The highest BCUT2D eigenvalue weighted by molar-refractivity contribution is 5.62. The molecule has 4 nitrogen and oxygen atoms in total. The summed E-state index contributed by atoms with van der Waals surface area (Å²) < 4.78 is 5.53. The summed E-state index contributed by atoms with van der Waals surface area (Å²) in [5.74, 6) is 0.982. The molecule has 1 aromatic rings. The molecule has 0 atom stereocenters. The zero-order valence-electron chi connectivity index (χ0n) is 12.3. The maximum Gasteiger partial charge on any atom is 0.142 e. The van der Waals surface area contributed by atoms with Crippen molar-refractivity contribution in [2.45, 2.75) is 13.8 Å². The molecule has 0 spiro atoms. The molecule has 2 N–H and O–H groups in total. The van der Waals surface area contributed by atoms with Gasteiger partial charge in [-0.3, -0.25) is 4.90 Å². The van der Waals surface area contributed by atoms with Crippen LogP contribution in [0, 0.1) is 13.8 Å². The summed E-state index contributed by atoms with van der Waals surface area (Å²) in [6, 6.07) is 4.38. The number of piperazine rings is 1. The number of rotatable bonds is 4. The topological polar surface area (TPSA) is 41.7 Å². The van der Waals surface area contributed by atoms with E-state index in [2.05, 4.69) is 35.8 Å². The zero-order chi connectivity index (χ0) is 13.8. The van der Waals surface area contributed by atoms with Gasteiger partial charge in [-0.15, -0.1) is 0 Å². The van der Waals surface area contributed by atoms with Gasteiger partial charge in [0, 0.05) is 39.3 Å². The summed E-state index contributed by atoms with van der Waals surface area (Å²) in [6.07, 6.45) is 0. The minimum Gasteiger partial charge on any atom is -0.495 e. The Hall–Kier alpha value is -1.26. The van der Waals surface area contributed by atoms with Crippen molar-refractivity contribution < 1.29 is 4.74 Å². The first-order valence-corrected chi connectivity index (χ1v) is 6.98. The Morgan fingerprint density at radius 2 is 1.74 bits per heavy atom. The van der Waals surface area contributed by atoms with Gasteiger partial charge < -0.3 is 15.4 Å². The van der Waals surface area contributed by atoms with Crippen LogP contribution in [-0.4, -0.2) is 51.3 Å². The monoisotopic (exact) mass is 263 g/mol. The van der Waals surface area contributed by atoms with Crippen molar-refractivity contribution in [3.05, 3.63) is 23.3 Å². The number of methoxy groups -OCH3 is 1. The van der Waals surface area contributed by atoms with Crippen LogP contribution < -0.4 is 15.4 Å². The first-order chi connectivity index (χ1) is 9.15. The van der Waals surface area contributed by atoms with Crippen LogP contribution in [-0.2, 0) is 0 Å². The molecule has 1 aliphatic heterocycles. The van der Waals surface area contributed by atoms with Gasteiger partial charge in [-0.25, -0.2) is 0 Å². The Morgan fingerprint density at radius 1 is 1.11 bits per heavy atom. The van der Waals surface area contributed by atoms with Crippen molar-refractivity contribution in [1.82, 2.24) is 4.90 Å². The Labute approximate surface area is 116 Å². The Kier molecular flexibility index (Phi) is 4.66. The molecule has 0 saturated carbocycles. The molecule has 1 aromatic carbocycles. The molecule has 0 unspecified atom stereocenters. The molecular weight excluding hydrogens is 238 g/mol. The maximum absolute atomic E-state index is 5.61. The number of nitrogens with zero attached hydrogens (tertiary/aromatic N) is 2. The van der Waals surface area contributed by atoms with Gasteiger partial charge in [0.2, 0.25) is 0 Å². The summed E-state index contributed by atoms with van der Waals surface area (Å²) in [5, 5.41) is 0. The molecule has 106 valence electrons. The third-order valence-electron chi connectivity index (χ3n) is 3.95. The van der Waals surface area contributed by atoms with Crippen molar-refractivity contribution in [2.24, 2.45) is 5.73 Å². The van der Waals surface area contributed by atoms with Gasteiger partial charge in [-0.1, -0.05) is 0 Å². The van der Waals surface area contributed by atoms with Crippen LogP contribution in [0.3, 0.4) is 0 Å². The van der Waals surface area contributed by atoms with Gasteiger partial charge in [-0.2, -0.15) is 0 Å². The number of nitrogens with two attached hydrogens (primary N) is 1.